The van der Waals surface area contributed by atoms with Crippen LogP contribution in [-0.4, -0.2) is 40.2 Å². The predicted molar refractivity (Wildman–Crippen MR) is 89.7 cm³/mol. The van der Waals surface area contributed by atoms with E-state index in [4.69, 9.17) is 5.11 Å². The third-order valence-corrected chi connectivity index (χ3v) is 3.34. The van der Waals surface area contributed by atoms with Crippen LogP contribution in [-0.2, 0) is 6.42 Å². The molecule has 0 aliphatic carbocycles. The van der Waals surface area contributed by atoms with Gasteiger partial charge in [-0.15, -0.1) is 0 Å². The van der Waals surface area contributed by atoms with Crippen LogP contribution >= 0.6 is 0 Å². The average molecular weight is 328 g/mol. The van der Waals surface area contributed by atoms with E-state index in [1.54, 1.807) is 42.5 Å². The molecule has 0 aliphatic rings. The van der Waals surface area contributed by atoms with Gasteiger partial charge in [-0.25, -0.2) is 9.59 Å². The second-order valence-electron chi connectivity index (χ2n) is 5.19. The standard InChI is InChI=1S/C16H17BN2O5/c20-15(21)12-6-4-5-11(9-12)10-14(17(23)24)19-16(22)18-13-7-2-1-3-8-13/h1-9,14,23-24H,10H2,(H,20,21)(H2,18,19,22)/t14-/m0/s1. The molecular weight excluding hydrogens is 311 g/mol. The molecule has 0 aliphatic heterocycles. The van der Waals surface area contributed by atoms with E-state index in [1.165, 1.54) is 12.1 Å². The molecule has 5 N–H and O–H groups in total. The zero-order valence-electron chi connectivity index (χ0n) is 12.7. The van der Waals surface area contributed by atoms with Crippen molar-refractivity contribution in [1.29, 1.82) is 0 Å². The Hall–Kier alpha value is -2.84. The number of anilines is 1. The van der Waals surface area contributed by atoms with Crippen molar-refractivity contribution in [2.45, 2.75) is 12.4 Å². The van der Waals surface area contributed by atoms with Crippen LogP contribution in [0.1, 0.15) is 15.9 Å². The Balaban J connectivity index is 2.03. The summed E-state index contributed by atoms with van der Waals surface area (Å²) >= 11 is 0. The van der Waals surface area contributed by atoms with Gasteiger partial charge in [0, 0.05) is 5.69 Å². The number of carbonyl (C=O) groups is 2. The number of urea groups is 1. The van der Waals surface area contributed by atoms with E-state index in [2.05, 4.69) is 10.6 Å². The SMILES string of the molecule is O=C(Nc1ccccc1)N[C@@H](Cc1cccc(C(=O)O)c1)B(O)O. The molecule has 0 saturated carbocycles. The molecule has 8 heteroatoms. The maximum atomic E-state index is 12.0. The maximum Gasteiger partial charge on any atom is 0.475 e. The van der Waals surface area contributed by atoms with Crippen molar-refractivity contribution in [2.75, 3.05) is 5.32 Å². The summed E-state index contributed by atoms with van der Waals surface area (Å²) in [5.41, 5.74) is 1.22. The molecule has 0 radical (unpaired) electrons. The molecule has 0 heterocycles. The van der Waals surface area contributed by atoms with Crippen molar-refractivity contribution < 1.29 is 24.7 Å². The summed E-state index contributed by atoms with van der Waals surface area (Å²) in [6.07, 6.45) is 0.0704. The van der Waals surface area contributed by atoms with Crippen LogP contribution in [0.4, 0.5) is 10.5 Å². The highest BCUT2D eigenvalue weighted by Gasteiger charge is 2.26. The van der Waals surface area contributed by atoms with E-state index in [-0.39, 0.29) is 12.0 Å². The molecule has 0 fully saturated rings. The number of para-hydroxylation sites is 1. The number of carboxylic acids is 1. The molecule has 7 nitrogen and oxygen atoms in total. The molecule has 0 unspecified atom stereocenters. The summed E-state index contributed by atoms with van der Waals surface area (Å²) in [7, 11) is -1.79. The Morgan fingerprint density at radius 2 is 1.75 bits per heavy atom. The van der Waals surface area contributed by atoms with Crippen molar-refractivity contribution in [1.82, 2.24) is 5.32 Å². The van der Waals surface area contributed by atoms with Gasteiger partial charge in [0.25, 0.3) is 0 Å². The summed E-state index contributed by atoms with van der Waals surface area (Å²) in [5.74, 6) is -2.06. The van der Waals surface area contributed by atoms with Crippen LogP contribution in [0.5, 0.6) is 0 Å². The number of nitrogens with one attached hydrogen (secondary N) is 2. The summed E-state index contributed by atoms with van der Waals surface area (Å²) < 4.78 is 0. The summed E-state index contributed by atoms with van der Waals surface area (Å²) in [6, 6.07) is 14.2. The van der Waals surface area contributed by atoms with Crippen molar-refractivity contribution in [2.24, 2.45) is 0 Å². The van der Waals surface area contributed by atoms with Crippen molar-refractivity contribution in [3.05, 3.63) is 65.7 Å². The summed E-state index contributed by atoms with van der Waals surface area (Å²) in [4.78, 5) is 22.9. The van der Waals surface area contributed by atoms with E-state index in [0.717, 1.165) is 0 Å². The van der Waals surface area contributed by atoms with E-state index in [0.29, 0.717) is 11.3 Å². The van der Waals surface area contributed by atoms with Crippen LogP contribution in [0.2, 0.25) is 0 Å². The fourth-order valence-corrected chi connectivity index (χ4v) is 2.17. The number of hydrogen-bond donors (Lipinski definition) is 5. The first-order valence-electron chi connectivity index (χ1n) is 7.26. The lowest BCUT2D eigenvalue weighted by atomic mass is 9.76. The van der Waals surface area contributed by atoms with Gasteiger partial charge in [-0.3, -0.25) is 0 Å². The highest BCUT2D eigenvalue weighted by atomic mass is 16.4. The zero-order chi connectivity index (χ0) is 17.5. The maximum absolute atomic E-state index is 12.0. The molecule has 124 valence electrons. The molecular formula is C16H17BN2O5. The number of benzene rings is 2. The van der Waals surface area contributed by atoms with Crippen LogP contribution in [0.15, 0.2) is 54.6 Å². The number of amides is 2. The predicted octanol–water partition coefficient (Wildman–Crippen LogP) is 1.13. The fourth-order valence-electron chi connectivity index (χ4n) is 2.17. The summed E-state index contributed by atoms with van der Waals surface area (Å²) in [5, 5.41) is 33.0. The number of carbonyl (C=O) groups excluding carboxylic acids is 1. The minimum Gasteiger partial charge on any atom is -0.478 e. The van der Waals surface area contributed by atoms with Gasteiger partial charge in [-0.05, 0) is 36.2 Å². The van der Waals surface area contributed by atoms with Crippen LogP contribution in [0, 0.1) is 0 Å². The van der Waals surface area contributed by atoms with Gasteiger partial charge in [-0.1, -0.05) is 30.3 Å². The number of hydrogen-bond acceptors (Lipinski definition) is 4. The molecule has 0 bridgehead atoms. The third-order valence-electron chi connectivity index (χ3n) is 3.34. The summed E-state index contributed by atoms with van der Waals surface area (Å²) in [6.45, 7) is 0. The van der Waals surface area contributed by atoms with Crippen LogP contribution < -0.4 is 10.6 Å². The normalized spacial score (nSPS) is 11.4. The first-order chi connectivity index (χ1) is 11.5. The van der Waals surface area contributed by atoms with Crippen LogP contribution in [0.3, 0.4) is 0 Å². The first-order valence-corrected chi connectivity index (χ1v) is 7.26. The van der Waals surface area contributed by atoms with E-state index in [9.17, 15) is 19.6 Å². The fraction of sp³-hybridized carbons (Fsp3) is 0.125. The van der Waals surface area contributed by atoms with Gasteiger partial charge in [0.15, 0.2) is 0 Å². The van der Waals surface area contributed by atoms with E-state index < -0.39 is 25.1 Å². The number of aromatic carboxylic acids is 1. The van der Waals surface area contributed by atoms with Crippen molar-refractivity contribution >= 4 is 24.8 Å². The quantitative estimate of drug-likeness (QED) is 0.509. The topological polar surface area (TPSA) is 119 Å². The molecule has 2 aromatic rings. The Morgan fingerprint density at radius 3 is 2.38 bits per heavy atom. The molecule has 0 aromatic heterocycles. The Morgan fingerprint density at radius 1 is 1.04 bits per heavy atom. The van der Waals surface area contributed by atoms with Crippen molar-refractivity contribution in [3.8, 4) is 0 Å². The van der Waals surface area contributed by atoms with Gasteiger partial charge in [0.1, 0.15) is 0 Å². The molecule has 0 saturated heterocycles. The minimum atomic E-state index is -1.79. The molecule has 1 atom stereocenters. The van der Waals surface area contributed by atoms with Crippen LogP contribution in [0.25, 0.3) is 0 Å². The largest absolute Gasteiger partial charge is 0.478 e. The average Bonchev–Trinajstić information content (AvgIpc) is 2.55. The lowest BCUT2D eigenvalue weighted by molar-refractivity contribution is 0.0696. The zero-order valence-corrected chi connectivity index (χ0v) is 12.7. The highest BCUT2D eigenvalue weighted by Crippen LogP contribution is 2.10. The Labute approximate surface area is 139 Å². The molecule has 0 spiro atoms. The monoisotopic (exact) mass is 328 g/mol. The second kappa shape index (κ2) is 8.14. The van der Waals surface area contributed by atoms with Gasteiger partial charge in [0.05, 0.1) is 11.5 Å². The third kappa shape index (κ3) is 5.11. The molecule has 2 amide bonds. The Bertz CT molecular complexity index is 709. The van der Waals surface area contributed by atoms with Gasteiger partial charge >= 0.3 is 19.1 Å². The lowest BCUT2D eigenvalue weighted by Crippen LogP contribution is -2.49. The van der Waals surface area contributed by atoms with E-state index >= 15 is 0 Å². The molecule has 2 rings (SSSR count). The van der Waals surface area contributed by atoms with Gasteiger partial charge in [-0.2, -0.15) is 0 Å². The highest BCUT2D eigenvalue weighted by molar-refractivity contribution is 6.43. The van der Waals surface area contributed by atoms with Gasteiger partial charge < -0.3 is 25.8 Å². The minimum absolute atomic E-state index is 0.0704. The number of carboxylic acid groups (broad SMARTS) is 1. The second-order valence-corrected chi connectivity index (χ2v) is 5.19. The molecule has 24 heavy (non-hydrogen) atoms. The van der Waals surface area contributed by atoms with E-state index in [1.807, 2.05) is 0 Å². The van der Waals surface area contributed by atoms with Gasteiger partial charge in [0.2, 0.25) is 0 Å². The molecule has 2 aromatic carbocycles. The smallest absolute Gasteiger partial charge is 0.475 e. The lowest BCUT2D eigenvalue weighted by Gasteiger charge is -2.18. The number of rotatable bonds is 6. The van der Waals surface area contributed by atoms with Crippen molar-refractivity contribution in [3.63, 3.8) is 0 Å². The Kier molecular flexibility index (Phi) is 5.94. The first kappa shape index (κ1) is 17.5.